The van der Waals surface area contributed by atoms with E-state index < -0.39 is 11.8 Å². The number of hydrogen-bond acceptors (Lipinski definition) is 6. The summed E-state index contributed by atoms with van der Waals surface area (Å²) >= 11 is 3.45. The van der Waals surface area contributed by atoms with E-state index in [4.69, 9.17) is 14.2 Å². The Labute approximate surface area is 168 Å². The van der Waals surface area contributed by atoms with E-state index >= 15 is 0 Å². The summed E-state index contributed by atoms with van der Waals surface area (Å²) in [5.41, 5.74) is 0.736. The molecule has 0 amide bonds. The van der Waals surface area contributed by atoms with Gasteiger partial charge in [0.05, 0.1) is 36.3 Å². The van der Waals surface area contributed by atoms with Crippen LogP contribution in [-0.2, 0) is 19.1 Å². The van der Waals surface area contributed by atoms with Crippen LogP contribution in [0.1, 0.15) is 51.5 Å². The van der Waals surface area contributed by atoms with Gasteiger partial charge in [0.1, 0.15) is 5.75 Å². The minimum absolute atomic E-state index is 0.147. The second kappa shape index (κ2) is 12.3. The minimum atomic E-state index is -0.594. The van der Waals surface area contributed by atoms with Crippen molar-refractivity contribution in [3.8, 4) is 11.8 Å². The quantitative estimate of drug-likeness (QED) is 0.475. The fraction of sp³-hybridized carbons (Fsp3) is 0.550. The third-order valence-corrected chi connectivity index (χ3v) is 4.55. The van der Waals surface area contributed by atoms with Crippen molar-refractivity contribution in [1.82, 2.24) is 0 Å². The van der Waals surface area contributed by atoms with Crippen LogP contribution in [0.3, 0.4) is 0 Å². The van der Waals surface area contributed by atoms with Gasteiger partial charge in [0.15, 0.2) is 0 Å². The van der Waals surface area contributed by atoms with Crippen LogP contribution >= 0.6 is 15.9 Å². The van der Waals surface area contributed by atoms with E-state index in [9.17, 15) is 14.9 Å². The van der Waals surface area contributed by atoms with Crippen LogP contribution in [0.5, 0.6) is 5.75 Å². The van der Waals surface area contributed by atoms with Crippen LogP contribution < -0.4 is 4.74 Å². The molecule has 27 heavy (non-hydrogen) atoms. The molecule has 0 radical (unpaired) electrons. The van der Waals surface area contributed by atoms with Gasteiger partial charge in [-0.15, -0.1) is 0 Å². The highest BCUT2D eigenvalue weighted by Crippen LogP contribution is 2.33. The largest absolute Gasteiger partial charge is 0.493 e. The van der Waals surface area contributed by atoms with Crippen molar-refractivity contribution in [1.29, 1.82) is 5.26 Å². The van der Waals surface area contributed by atoms with Gasteiger partial charge >= 0.3 is 11.9 Å². The molecule has 0 fully saturated rings. The maximum atomic E-state index is 12.5. The van der Waals surface area contributed by atoms with Crippen molar-refractivity contribution in [3.63, 3.8) is 0 Å². The summed E-state index contributed by atoms with van der Waals surface area (Å²) in [5.74, 6) is -1.10. The molecule has 148 valence electrons. The number of nitriles is 1. The Hall–Kier alpha value is -2.07. The summed E-state index contributed by atoms with van der Waals surface area (Å²) in [4.78, 5) is 24.0. The Bertz CT molecular complexity index is 671. The number of halogens is 1. The van der Waals surface area contributed by atoms with Gasteiger partial charge in [-0.2, -0.15) is 5.26 Å². The molecule has 6 nitrogen and oxygen atoms in total. The van der Waals surface area contributed by atoms with Crippen molar-refractivity contribution < 1.29 is 23.8 Å². The number of nitrogens with zero attached hydrogens (tertiary/aromatic N) is 1. The fourth-order valence-electron chi connectivity index (χ4n) is 2.66. The third kappa shape index (κ3) is 7.59. The van der Waals surface area contributed by atoms with Crippen LogP contribution in [0.4, 0.5) is 0 Å². The number of carbonyl (C=O) groups is 2. The molecule has 0 aliphatic rings. The first-order chi connectivity index (χ1) is 13.0. The van der Waals surface area contributed by atoms with E-state index in [0.29, 0.717) is 25.4 Å². The summed E-state index contributed by atoms with van der Waals surface area (Å²) in [6, 6.07) is 7.59. The predicted molar refractivity (Wildman–Crippen MR) is 104 cm³/mol. The zero-order valence-corrected chi connectivity index (χ0v) is 17.6. The lowest BCUT2D eigenvalue weighted by molar-refractivity contribution is -0.145. The Morgan fingerprint density at radius 3 is 2.41 bits per heavy atom. The monoisotopic (exact) mass is 439 g/mol. The van der Waals surface area contributed by atoms with Crippen molar-refractivity contribution in [2.24, 2.45) is 5.92 Å². The molecule has 0 aliphatic heterocycles. The zero-order chi connectivity index (χ0) is 20.2. The highest BCUT2D eigenvalue weighted by atomic mass is 79.9. The Morgan fingerprint density at radius 2 is 1.85 bits per heavy atom. The predicted octanol–water partition coefficient (Wildman–Crippen LogP) is 4.37. The lowest BCUT2D eigenvalue weighted by Crippen LogP contribution is -2.20. The zero-order valence-electron chi connectivity index (χ0n) is 16.0. The van der Waals surface area contributed by atoms with Gasteiger partial charge in [-0.1, -0.05) is 6.07 Å². The van der Waals surface area contributed by atoms with E-state index in [0.717, 1.165) is 10.0 Å². The molecule has 0 bridgehead atoms. The topological polar surface area (TPSA) is 85.6 Å². The SMILES string of the molecule is CCOC(=O)CCC(C#N)CC(C(=O)OCC)c1ccc(OCC)c(Br)c1. The van der Waals surface area contributed by atoms with Gasteiger partial charge < -0.3 is 14.2 Å². The van der Waals surface area contributed by atoms with Crippen molar-refractivity contribution in [2.75, 3.05) is 19.8 Å². The maximum Gasteiger partial charge on any atom is 0.313 e. The second-order valence-electron chi connectivity index (χ2n) is 5.83. The van der Waals surface area contributed by atoms with Crippen molar-refractivity contribution in [2.45, 2.75) is 46.0 Å². The minimum Gasteiger partial charge on any atom is -0.493 e. The van der Waals surface area contributed by atoms with Gasteiger partial charge in [0, 0.05) is 12.3 Å². The molecule has 2 unspecified atom stereocenters. The van der Waals surface area contributed by atoms with E-state index in [1.807, 2.05) is 13.0 Å². The highest BCUT2D eigenvalue weighted by molar-refractivity contribution is 9.10. The Morgan fingerprint density at radius 1 is 1.15 bits per heavy atom. The molecule has 0 saturated heterocycles. The standard InChI is InChI=1S/C20H26BrNO5/c1-4-25-18-9-8-15(12-17(18)21)16(20(24)27-6-3)11-14(13-22)7-10-19(23)26-5-2/h8-9,12,14,16H,4-7,10-11H2,1-3H3. The lowest BCUT2D eigenvalue weighted by atomic mass is 9.87. The second-order valence-corrected chi connectivity index (χ2v) is 6.69. The molecule has 2 atom stereocenters. The van der Waals surface area contributed by atoms with Gasteiger partial charge in [-0.25, -0.2) is 0 Å². The molecular weight excluding hydrogens is 414 g/mol. The molecule has 0 spiro atoms. The smallest absolute Gasteiger partial charge is 0.313 e. The molecule has 7 heteroatoms. The van der Waals surface area contributed by atoms with Gasteiger partial charge in [0.2, 0.25) is 0 Å². The lowest BCUT2D eigenvalue weighted by Gasteiger charge is -2.19. The van der Waals surface area contributed by atoms with E-state index in [1.54, 1.807) is 26.0 Å². The summed E-state index contributed by atoms with van der Waals surface area (Å²) < 4.78 is 16.3. The molecule has 1 aromatic carbocycles. The first kappa shape index (κ1) is 23.0. The summed E-state index contributed by atoms with van der Waals surface area (Å²) in [6.45, 7) is 6.47. The third-order valence-electron chi connectivity index (χ3n) is 3.93. The normalized spacial score (nSPS) is 12.6. The first-order valence-corrected chi connectivity index (χ1v) is 9.90. The Kier molecular flexibility index (Phi) is 10.5. The van der Waals surface area contributed by atoms with Crippen LogP contribution in [0.2, 0.25) is 0 Å². The molecule has 0 aliphatic carbocycles. The molecular formula is C20H26BrNO5. The average Bonchev–Trinajstić information content (AvgIpc) is 2.64. The van der Waals surface area contributed by atoms with Crippen molar-refractivity contribution in [3.05, 3.63) is 28.2 Å². The molecule has 0 N–H and O–H groups in total. The maximum absolute atomic E-state index is 12.5. The van der Waals surface area contributed by atoms with Gasteiger partial charge in [-0.3, -0.25) is 9.59 Å². The molecule has 0 saturated carbocycles. The van der Waals surface area contributed by atoms with Crippen LogP contribution in [-0.4, -0.2) is 31.8 Å². The number of esters is 2. The van der Waals surface area contributed by atoms with Gasteiger partial charge in [-0.05, 0) is 67.2 Å². The summed E-state index contributed by atoms with van der Waals surface area (Å²) in [6.07, 6.45) is 0.757. The van der Waals surface area contributed by atoms with E-state index in [-0.39, 0.29) is 31.4 Å². The van der Waals surface area contributed by atoms with E-state index in [2.05, 4.69) is 22.0 Å². The number of carbonyl (C=O) groups excluding carboxylic acids is 2. The van der Waals surface area contributed by atoms with Crippen LogP contribution in [0.15, 0.2) is 22.7 Å². The number of ether oxygens (including phenoxy) is 3. The van der Waals surface area contributed by atoms with Crippen LogP contribution in [0, 0.1) is 17.2 Å². The number of benzene rings is 1. The highest BCUT2D eigenvalue weighted by Gasteiger charge is 2.27. The van der Waals surface area contributed by atoms with E-state index in [1.165, 1.54) is 0 Å². The first-order valence-electron chi connectivity index (χ1n) is 9.10. The van der Waals surface area contributed by atoms with Crippen LogP contribution in [0.25, 0.3) is 0 Å². The molecule has 1 rings (SSSR count). The fourth-order valence-corrected chi connectivity index (χ4v) is 3.17. The number of rotatable bonds is 11. The molecule has 0 heterocycles. The average molecular weight is 440 g/mol. The molecule has 0 aromatic heterocycles. The van der Waals surface area contributed by atoms with Crippen molar-refractivity contribution >= 4 is 27.9 Å². The summed E-state index contributed by atoms with van der Waals surface area (Å²) in [7, 11) is 0. The number of hydrogen-bond donors (Lipinski definition) is 0. The van der Waals surface area contributed by atoms with Gasteiger partial charge in [0.25, 0.3) is 0 Å². The summed E-state index contributed by atoms with van der Waals surface area (Å²) in [5, 5.41) is 9.46. The molecule has 1 aromatic rings. The Balaban J connectivity index is 2.97.